The van der Waals surface area contributed by atoms with E-state index in [1.165, 1.54) is 212 Å². The molecule has 0 spiro atoms. The highest BCUT2D eigenvalue weighted by atomic mass is 16.3. The van der Waals surface area contributed by atoms with Gasteiger partial charge in [0.1, 0.15) is 0 Å². The summed E-state index contributed by atoms with van der Waals surface area (Å²) in [5.74, 6) is -0.0638. The van der Waals surface area contributed by atoms with E-state index in [-0.39, 0.29) is 12.5 Å². The molecule has 4 nitrogen and oxygen atoms in total. The Morgan fingerprint density at radius 2 is 0.731 bits per heavy atom. The van der Waals surface area contributed by atoms with E-state index in [1.807, 2.05) is 6.08 Å². The number of hydrogen-bond donors (Lipinski definition) is 3. The number of aliphatic hydroxyl groups excluding tert-OH is 2. The number of carbonyl (C=O) groups excluding carboxylic acids is 1. The second kappa shape index (κ2) is 44.3. The van der Waals surface area contributed by atoms with Gasteiger partial charge in [0.2, 0.25) is 5.91 Å². The standard InChI is InChI=1S/C48H93NO3/c1-3-5-7-9-11-13-14-15-16-17-18-19-20-21-22-23-24-25-26-27-28-29-30-31-32-33-34-36-38-40-42-44-48(52)49-46(45-50)47(51)43-41-39-37-35-12-10-8-6-4-2/h21-22,41,43,46-47,50-51H,3-20,23-40,42,44-45H2,1-2H3,(H,49,52)/b22-21-,43-41+. The molecule has 0 bridgehead atoms. The van der Waals surface area contributed by atoms with Crippen LogP contribution in [0.15, 0.2) is 24.3 Å². The van der Waals surface area contributed by atoms with Crippen LogP contribution in [0.3, 0.4) is 0 Å². The van der Waals surface area contributed by atoms with Gasteiger partial charge in [-0.25, -0.2) is 0 Å². The molecule has 0 heterocycles. The van der Waals surface area contributed by atoms with E-state index in [0.717, 1.165) is 25.7 Å². The SMILES string of the molecule is CCCCCCCCC/C=C/C(O)C(CO)NC(=O)CCCCCCCCCCCCCCCCC/C=C\CCCCCCCCCCCCCC. The Morgan fingerprint density at radius 3 is 1.06 bits per heavy atom. The highest BCUT2D eigenvalue weighted by Gasteiger charge is 2.17. The van der Waals surface area contributed by atoms with Gasteiger partial charge < -0.3 is 15.5 Å². The van der Waals surface area contributed by atoms with E-state index in [1.54, 1.807) is 6.08 Å². The van der Waals surface area contributed by atoms with Gasteiger partial charge in [-0.15, -0.1) is 0 Å². The molecule has 1 amide bonds. The molecule has 2 atom stereocenters. The molecule has 52 heavy (non-hydrogen) atoms. The fourth-order valence-electron chi connectivity index (χ4n) is 7.29. The lowest BCUT2D eigenvalue weighted by Crippen LogP contribution is -2.45. The molecule has 0 aliphatic heterocycles. The van der Waals surface area contributed by atoms with Crippen molar-refractivity contribution in [2.24, 2.45) is 0 Å². The first-order valence-corrected chi connectivity index (χ1v) is 23.6. The van der Waals surface area contributed by atoms with Crippen molar-refractivity contribution in [3.63, 3.8) is 0 Å². The summed E-state index contributed by atoms with van der Waals surface area (Å²) in [5.41, 5.74) is 0. The Balaban J connectivity index is 3.40. The van der Waals surface area contributed by atoms with Crippen LogP contribution in [0.2, 0.25) is 0 Å². The Labute approximate surface area is 326 Å². The molecular weight excluding hydrogens is 639 g/mol. The van der Waals surface area contributed by atoms with Crippen molar-refractivity contribution in [1.29, 1.82) is 0 Å². The van der Waals surface area contributed by atoms with Crippen molar-refractivity contribution in [3.05, 3.63) is 24.3 Å². The lowest BCUT2D eigenvalue weighted by atomic mass is 10.0. The summed E-state index contributed by atoms with van der Waals surface area (Å²) in [6.45, 7) is 4.29. The minimum absolute atomic E-state index is 0.0638. The Kier molecular flexibility index (Phi) is 43.3. The molecule has 0 aromatic heterocycles. The molecule has 2 unspecified atom stereocenters. The van der Waals surface area contributed by atoms with Gasteiger partial charge in [-0.05, 0) is 44.9 Å². The number of rotatable bonds is 43. The number of nitrogens with one attached hydrogen (secondary N) is 1. The topological polar surface area (TPSA) is 69.6 Å². The Hall–Kier alpha value is -1.13. The fourth-order valence-corrected chi connectivity index (χ4v) is 7.29. The number of amides is 1. The van der Waals surface area contributed by atoms with Crippen LogP contribution < -0.4 is 5.32 Å². The van der Waals surface area contributed by atoms with Crippen LogP contribution in [0, 0.1) is 0 Å². The molecule has 0 fully saturated rings. The predicted octanol–water partition coefficient (Wildman–Crippen LogP) is 14.8. The summed E-state index contributed by atoms with van der Waals surface area (Å²) in [4.78, 5) is 12.3. The predicted molar refractivity (Wildman–Crippen MR) is 230 cm³/mol. The first-order valence-electron chi connectivity index (χ1n) is 23.6. The third-order valence-corrected chi connectivity index (χ3v) is 10.9. The van der Waals surface area contributed by atoms with Crippen molar-refractivity contribution in [2.75, 3.05) is 6.61 Å². The van der Waals surface area contributed by atoms with Crippen molar-refractivity contribution >= 4 is 5.91 Å². The van der Waals surface area contributed by atoms with Gasteiger partial charge in [0.05, 0.1) is 18.8 Å². The van der Waals surface area contributed by atoms with Gasteiger partial charge in [-0.2, -0.15) is 0 Å². The summed E-state index contributed by atoms with van der Waals surface area (Å²) >= 11 is 0. The van der Waals surface area contributed by atoms with Crippen molar-refractivity contribution in [2.45, 2.75) is 270 Å². The van der Waals surface area contributed by atoms with E-state index < -0.39 is 12.1 Å². The van der Waals surface area contributed by atoms with Gasteiger partial charge in [0.25, 0.3) is 0 Å². The summed E-state index contributed by atoms with van der Waals surface area (Å²) in [5, 5.41) is 22.9. The third kappa shape index (κ3) is 40.1. The number of aliphatic hydroxyl groups is 2. The summed E-state index contributed by atoms with van der Waals surface area (Å²) in [6.07, 6.45) is 57.5. The molecule has 0 radical (unpaired) electrons. The quantitative estimate of drug-likeness (QED) is 0.0432. The van der Waals surface area contributed by atoms with E-state index in [9.17, 15) is 15.0 Å². The van der Waals surface area contributed by atoms with Gasteiger partial charge in [0, 0.05) is 6.42 Å². The lowest BCUT2D eigenvalue weighted by molar-refractivity contribution is -0.123. The maximum absolute atomic E-state index is 12.3. The van der Waals surface area contributed by atoms with E-state index in [4.69, 9.17) is 0 Å². The normalized spacial score (nSPS) is 13.1. The van der Waals surface area contributed by atoms with Crippen molar-refractivity contribution in [3.8, 4) is 0 Å². The van der Waals surface area contributed by atoms with Gasteiger partial charge in [0.15, 0.2) is 0 Å². The van der Waals surface area contributed by atoms with Crippen molar-refractivity contribution in [1.82, 2.24) is 5.32 Å². The zero-order valence-electron chi connectivity index (χ0n) is 35.3. The summed E-state index contributed by atoms with van der Waals surface area (Å²) in [6, 6.07) is -0.617. The van der Waals surface area contributed by atoms with E-state index in [0.29, 0.717) is 6.42 Å². The number of unbranched alkanes of at least 4 members (excludes halogenated alkanes) is 34. The molecule has 4 heteroatoms. The zero-order chi connectivity index (χ0) is 37.8. The third-order valence-electron chi connectivity index (χ3n) is 10.9. The number of hydrogen-bond acceptors (Lipinski definition) is 3. The van der Waals surface area contributed by atoms with E-state index >= 15 is 0 Å². The molecule has 308 valence electrons. The first-order chi connectivity index (χ1) is 25.7. The molecular formula is C48H93NO3. The maximum atomic E-state index is 12.3. The second-order valence-electron chi connectivity index (χ2n) is 16.2. The average molecular weight is 732 g/mol. The van der Waals surface area contributed by atoms with Crippen LogP contribution in [0.4, 0.5) is 0 Å². The molecule has 0 saturated heterocycles. The first kappa shape index (κ1) is 50.9. The van der Waals surface area contributed by atoms with Crippen LogP contribution in [0.1, 0.15) is 258 Å². The molecule has 0 aliphatic rings. The number of carbonyl (C=O) groups is 1. The molecule has 0 rings (SSSR count). The lowest BCUT2D eigenvalue weighted by Gasteiger charge is -2.20. The Morgan fingerprint density at radius 1 is 0.442 bits per heavy atom. The molecule has 0 saturated carbocycles. The molecule has 0 aromatic rings. The van der Waals surface area contributed by atoms with Crippen LogP contribution in [-0.4, -0.2) is 34.9 Å². The van der Waals surface area contributed by atoms with Gasteiger partial charge >= 0.3 is 0 Å². The fraction of sp³-hybridized carbons (Fsp3) is 0.896. The van der Waals surface area contributed by atoms with Crippen LogP contribution in [-0.2, 0) is 4.79 Å². The minimum atomic E-state index is -0.834. The molecule has 0 aliphatic carbocycles. The monoisotopic (exact) mass is 732 g/mol. The largest absolute Gasteiger partial charge is 0.394 e. The van der Waals surface area contributed by atoms with Crippen LogP contribution in [0.25, 0.3) is 0 Å². The minimum Gasteiger partial charge on any atom is -0.394 e. The van der Waals surface area contributed by atoms with E-state index in [2.05, 4.69) is 31.3 Å². The summed E-state index contributed by atoms with van der Waals surface area (Å²) < 4.78 is 0. The van der Waals surface area contributed by atoms with Crippen molar-refractivity contribution < 1.29 is 15.0 Å². The zero-order valence-corrected chi connectivity index (χ0v) is 35.3. The summed E-state index contributed by atoms with van der Waals surface area (Å²) in [7, 11) is 0. The number of allylic oxidation sites excluding steroid dienone is 3. The highest BCUT2D eigenvalue weighted by molar-refractivity contribution is 5.76. The Bertz CT molecular complexity index is 750. The van der Waals surface area contributed by atoms with Crippen LogP contribution in [0.5, 0.6) is 0 Å². The highest BCUT2D eigenvalue weighted by Crippen LogP contribution is 2.16. The van der Waals surface area contributed by atoms with Crippen LogP contribution >= 0.6 is 0 Å². The second-order valence-corrected chi connectivity index (χ2v) is 16.2. The smallest absolute Gasteiger partial charge is 0.220 e. The maximum Gasteiger partial charge on any atom is 0.220 e. The van der Waals surface area contributed by atoms with Gasteiger partial charge in [-0.3, -0.25) is 4.79 Å². The average Bonchev–Trinajstić information content (AvgIpc) is 3.15. The molecule has 0 aromatic carbocycles. The van der Waals surface area contributed by atoms with Gasteiger partial charge in [-0.1, -0.05) is 231 Å². The molecule has 3 N–H and O–H groups in total.